The van der Waals surface area contributed by atoms with Crippen LogP contribution in [0.15, 0.2) is 12.3 Å². The number of nitrogens with one attached hydrogen (secondary N) is 1. The molecule has 0 aliphatic rings. The van der Waals surface area contributed by atoms with Crippen molar-refractivity contribution in [2.24, 2.45) is 0 Å². The average Bonchev–Trinajstić information content (AvgIpc) is 1.86. The molecule has 0 aliphatic heterocycles. The number of likely N-dealkylation sites (N-methyl/N-ethyl adjacent to an activating group) is 1. The van der Waals surface area contributed by atoms with Crippen molar-refractivity contribution in [2.45, 2.75) is 19.9 Å². The fourth-order valence-corrected chi connectivity index (χ4v) is 0.461. The standard InChI is InChI=1S/C8H16N2O/c1-7(2)9-6-5-8(11)10(3)4/h5-7,9H,1-4H3/b6-5+. The van der Waals surface area contributed by atoms with Crippen LogP contribution in [0.1, 0.15) is 13.8 Å². The topological polar surface area (TPSA) is 32.3 Å². The van der Waals surface area contributed by atoms with Gasteiger partial charge in [-0.05, 0) is 13.8 Å². The molecular formula is C8H16N2O. The number of nitrogens with zero attached hydrogens (tertiary/aromatic N) is 1. The first kappa shape index (κ1) is 10.0. The average molecular weight is 156 g/mol. The van der Waals surface area contributed by atoms with E-state index < -0.39 is 0 Å². The lowest BCUT2D eigenvalue weighted by atomic mass is 10.4. The minimum Gasteiger partial charge on any atom is -0.389 e. The fraction of sp³-hybridized carbons (Fsp3) is 0.625. The Balaban J connectivity index is 3.66. The number of hydrogen-bond acceptors (Lipinski definition) is 2. The molecule has 0 fully saturated rings. The van der Waals surface area contributed by atoms with E-state index in [1.54, 1.807) is 20.3 Å². The molecule has 0 radical (unpaired) electrons. The molecule has 0 aromatic carbocycles. The van der Waals surface area contributed by atoms with Crippen LogP contribution in [0, 0.1) is 0 Å². The maximum absolute atomic E-state index is 10.9. The van der Waals surface area contributed by atoms with Gasteiger partial charge in [0.25, 0.3) is 0 Å². The summed E-state index contributed by atoms with van der Waals surface area (Å²) >= 11 is 0. The van der Waals surface area contributed by atoms with Gasteiger partial charge >= 0.3 is 0 Å². The van der Waals surface area contributed by atoms with Crippen LogP contribution in [0.2, 0.25) is 0 Å². The largest absolute Gasteiger partial charge is 0.389 e. The molecule has 0 aromatic rings. The van der Waals surface area contributed by atoms with Gasteiger partial charge in [0.2, 0.25) is 5.91 Å². The summed E-state index contributed by atoms with van der Waals surface area (Å²) < 4.78 is 0. The van der Waals surface area contributed by atoms with Crippen molar-refractivity contribution in [1.29, 1.82) is 0 Å². The van der Waals surface area contributed by atoms with Crippen LogP contribution in [0.5, 0.6) is 0 Å². The van der Waals surface area contributed by atoms with E-state index >= 15 is 0 Å². The Morgan fingerprint density at radius 2 is 2.00 bits per heavy atom. The third-order valence-corrected chi connectivity index (χ3v) is 1.10. The van der Waals surface area contributed by atoms with Crippen LogP contribution < -0.4 is 5.32 Å². The molecule has 64 valence electrons. The van der Waals surface area contributed by atoms with E-state index in [1.807, 2.05) is 13.8 Å². The highest BCUT2D eigenvalue weighted by Gasteiger charge is 1.95. The summed E-state index contributed by atoms with van der Waals surface area (Å²) in [6, 6.07) is 0.376. The Hall–Kier alpha value is -0.990. The van der Waals surface area contributed by atoms with Gasteiger partial charge in [-0.25, -0.2) is 0 Å². The summed E-state index contributed by atoms with van der Waals surface area (Å²) in [5, 5.41) is 3.00. The lowest BCUT2D eigenvalue weighted by Gasteiger charge is -2.06. The molecule has 3 heteroatoms. The SMILES string of the molecule is CC(C)N/C=C/C(=O)N(C)C. The molecule has 3 nitrogen and oxygen atoms in total. The Morgan fingerprint density at radius 3 is 2.36 bits per heavy atom. The highest BCUT2D eigenvalue weighted by atomic mass is 16.2. The molecule has 0 atom stereocenters. The number of hydrogen-bond donors (Lipinski definition) is 1. The van der Waals surface area contributed by atoms with Crippen LogP contribution in [0.3, 0.4) is 0 Å². The van der Waals surface area contributed by atoms with Crippen LogP contribution in [0.25, 0.3) is 0 Å². The highest BCUT2D eigenvalue weighted by molar-refractivity contribution is 5.86. The number of amides is 1. The van der Waals surface area contributed by atoms with Crippen molar-refractivity contribution < 1.29 is 4.79 Å². The summed E-state index contributed by atoms with van der Waals surface area (Å²) in [5.74, 6) is -0.00171. The van der Waals surface area contributed by atoms with Crippen LogP contribution in [-0.4, -0.2) is 30.9 Å². The Morgan fingerprint density at radius 1 is 1.45 bits per heavy atom. The zero-order valence-corrected chi connectivity index (χ0v) is 7.59. The predicted molar refractivity (Wildman–Crippen MR) is 46.1 cm³/mol. The Kier molecular flexibility index (Phi) is 4.34. The van der Waals surface area contributed by atoms with Gasteiger partial charge in [-0.1, -0.05) is 0 Å². The minimum absolute atomic E-state index is 0.00171. The first-order chi connectivity index (χ1) is 5.04. The van der Waals surface area contributed by atoms with Crippen molar-refractivity contribution in [3.05, 3.63) is 12.3 Å². The number of carbonyl (C=O) groups excluding carboxylic acids is 1. The third kappa shape index (κ3) is 5.45. The molecule has 0 unspecified atom stereocenters. The van der Waals surface area contributed by atoms with Crippen molar-refractivity contribution in [3.8, 4) is 0 Å². The number of rotatable bonds is 3. The van der Waals surface area contributed by atoms with E-state index in [1.165, 1.54) is 11.0 Å². The zero-order valence-electron chi connectivity index (χ0n) is 7.59. The minimum atomic E-state index is -0.00171. The lowest BCUT2D eigenvalue weighted by molar-refractivity contribution is -0.123. The molecule has 0 aliphatic carbocycles. The molecule has 11 heavy (non-hydrogen) atoms. The molecule has 0 aromatic heterocycles. The third-order valence-electron chi connectivity index (χ3n) is 1.10. The first-order valence-corrected chi connectivity index (χ1v) is 3.68. The second kappa shape index (κ2) is 4.77. The van der Waals surface area contributed by atoms with Crippen LogP contribution >= 0.6 is 0 Å². The predicted octanol–water partition coefficient (Wildman–Crippen LogP) is 0.586. The molecule has 0 spiro atoms. The molecule has 0 saturated carbocycles. The van der Waals surface area contributed by atoms with E-state index in [9.17, 15) is 4.79 Å². The van der Waals surface area contributed by atoms with Crippen molar-refractivity contribution in [3.63, 3.8) is 0 Å². The zero-order chi connectivity index (χ0) is 8.85. The second-order valence-corrected chi connectivity index (χ2v) is 2.89. The fourth-order valence-electron chi connectivity index (χ4n) is 0.461. The summed E-state index contributed by atoms with van der Waals surface area (Å²) in [6.45, 7) is 4.04. The van der Waals surface area contributed by atoms with Gasteiger partial charge in [0, 0.05) is 32.4 Å². The normalized spacial score (nSPS) is 10.6. The van der Waals surface area contributed by atoms with Crippen molar-refractivity contribution in [2.75, 3.05) is 14.1 Å². The van der Waals surface area contributed by atoms with Crippen molar-refractivity contribution >= 4 is 5.91 Å². The van der Waals surface area contributed by atoms with Crippen molar-refractivity contribution in [1.82, 2.24) is 10.2 Å². The summed E-state index contributed by atoms with van der Waals surface area (Å²) in [7, 11) is 3.45. The molecule has 0 saturated heterocycles. The Labute approximate surface area is 68.1 Å². The summed E-state index contributed by atoms with van der Waals surface area (Å²) in [6.07, 6.45) is 3.19. The molecule has 1 amide bonds. The van der Waals surface area contributed by atoms with Crippen LogP contribution in [0.4, 0.5) is 0 Å². The van der Waals surface area contributed by atoms with Gasteiger partial charge in [-0.3, -0.25) is 4.79 Å². The van der Waals surface area contributed by atoms with E-state index in [-0.39, 0.29) is 5.91 Å². The van der Waals surface area contributed by atoms with Gasteiger partial charge in [0.05, 0.1) is 0 Å². The van der Waals surface area contributed by atoms with Gasteiger partial charge in [0.1, 0.15) is 0 Å². The smallest absolute Gasteiger partial charge is 0.247 e. The molecule has 1 N–H and O–H groups in total. The van der Waals surface area contributed by atoms with Crippen LogP contribution in [-0.2, 0) is 4.79 Å². The maximum Gasteiger partial charge on any atom is 0.247 e. The van der Waals surface area contributed by atoms with Gasteiger partial charge in [-0.15, -0.1) is 0 Å². The van der Waals surface area contributed by atoms with E-state index in [0.717, 1.165) is 0 Å². The molecular weight excluding hydrogens is 140 g/mol. The lowest BCUT2D eigenvalue weighted by Crippen LogP contribution is -2.21. The highest BCUT2D eigenvalue weighted by Crippen LogP contribution is 1.81. The van der Waals surface area contributed by atoms with Gasteiger partial charge < -0.3 is 10.2 Å². The van der Waals surface area contributed by atoms with E-state index in [2.05, 4.69) is 5.32 Å². The van der Waals surface area contributed by atoms with E-state index in [4.69, 9.17) is 0 Å². The molecule has 0 rings (SSSR count). The quantitative estimate of drug-likeness (QED) is 0.606. The monoisotopic (exact) mass is 156 g/mol. The maximum atomic E-state index is 10.9. The Bertz CT molecular complexity index is 150. The summed E-state index contributed by atoms with van der Waals surface area (Å²) in [4.78, 5) is 12.4. The number of carbonyl (C=O) groups is 1. The van der Waals surface area contributed by atoms with E-state index in [0.29, 0.717) is 6.04 Å². The molecule has 0 heterocycles. The summed E-state index contributed by atoms with van der Waals surface area (Å²) in [5.41, 5.74) is 0. The van der Waals surface area contributed by atoms with Gasteiger partial charge in [-0.2, -0.15) is 0 Å². The van der Waals surface area contributed by atoms with Gasteiger partial charge in [0.15, 0.2) is 0 Å². The second-order valence-electron chi connectivity index (χ2n) is 2.89. The first-order valence-electron chi connectivity index (χ1n) is 3.68. The molecule has 0 bridgehead atoms.